The van der Waals surface area contributed by atoms with Crippen molar-refractivity contribution in [1.29, 1.82) is 0 Å². The van der Waals surface area contributed by atoms with Crippen LogP contribution in [0.5, 0.6) is 0 Å². The summed E-state index contributed by atoms with van der Waals surface area (Å²) in [6.45, 7) is 0. The van der Waals surface area contributed by atoms with E-state index in [-0.39, 0.29) is 11.7 Å². The second kappa shape index (κ2) is 4.66. The zero-order valence-electron chi connectivity index (χ0n) is 7.06. The number of carbonyl (C=O) groups is 1. The molecular weight excluding hydrogens is 190 g/mol. The van der Waals surface area contributed by atoms with Gasteiger partial charge in [-0.3, -0.25) is 4.79 Å². The third-order valence-corrected chi connectivity index (χ3v) is 2.04. The van der Waals surface area contributed by atoms with Gasteiger partial charge in [-0.25, -0.2) is 9.97 Å². The molecule has 2 N–H and O–H groups in total. The molecule has 0 aliphatic carbocycles. The maximum atomic E-state index is 10.7. The predicted octanol–water partition coefficient (Wildman–Crippen LogP) is 0.324. The van der Waals surface area contributed by atoms with E-state index in [0.29, 0.717) is 10.8 Å². The van der Waals surface area contributed by atoms with Crippen LogP contribution in [0.3, 0.4) is 0 Å². The highest BCUT2D eigenvalue weighted by molar-refractivity contribution is 7.99. The average molecular weight is 199 g/mol. The second-order valence-corrected chi connectivity index (χ2v) is 3.11. The number of hydrogen-bond acceptors (Lipinski definition) is 6. The predicted molar refractivity (Wildman–Crippen MR) is 49.2 cm³/mol. The number of aromatic nitrogens is 2. The Hall–Kier alpha value is -1.30. The van der Waals surface area contributed by atoms with Gasteiger partial charge in [-0.15, -0.1) is 0 Å². The van der Waals surface area contributed by atoms with Crippen LogP contribution in [-0.4, -0.2) is 28.8 Å². The molecule has 0 aromatic carbocycles. The third kappa shape index (κ3) is 3.29. The van der Waals surface area contributed by atoms with Gasteiger partial charge in [-0.2, -0.15) is 0 Å². The molecule has 0 spiro atoms. The average Bonchev–Trinajstić information content (AvgIpc) is 2.16. The number of nitrogens with two attached hydrogens (primary N) is 1. The molecule has 1 aromatic heterocycles. The van der Waals surface area contributed by atoms with Crippen molar-refractivity contribution < 1.29 is 9.53 Å². The molecular formula is C7H9N3O2S. The van der Waals surface area contributed by atoms with Gasteiger partial charge in [-0.05, 0) is 0 Å². The van der Waals surface area contributed by atoms with Crippen molar-refractivity contribution in [2.75, 3.05) is 18.6 Å². The van der Waals surface area contributed by atoms with Crippen LogP contribution in [0.2, 0.25) is 0 Å². The Labute approximate surface area is 79.7 Å². The molecule has 0 unspecified atom stereocenters. The van der Waals surface area contributed by atoms with Crippen molar-refractivity contribution in [2.24, 2.45) is 0 Å². The minimum atomic E-state index is -0.301. The Bertz CT molecular complexity index is 288. The number of methoxy groups -OCH3 is 1. The highest BCUT2D eigenvalue weighted by Crippen LogP contribution is 2.12. The lowest BCUT2D eigenvalue weighted by molar-refractivity contribution is -0.137. The Balaban J connectivity index is 2.46. The Kier molecular flexibility index (Phi) is 3.51. The first-order valence-corrected chi connectivity index (χ1v) is 4.48. The fourth-order valence-electron chi connectivity index (χ4n) is 0.583. The molecule has 0 fully saturated rings. The molecule has 13 heavy (non-hydrogen) atoms. The topological polar surface area (TPSA) is 78.1 Å². The number of rotatable bonds is 3. The number of hydrogen-bond donors (Lipinski definition) is 1. The number of nitrogens with zero attached hydrogens (tertiary/aromatic N) is 2. The van der Waals surface area contributed by atoms with Crippen LogP contribution in [0, 0.1) is 0 Å². The number of nitrogen functional groups attached to an aromatic ring is 1. The zero-order valence-corrected chi connectivity index (χ0v) is 7.87. The fourth-order valence-corrected chi connectivity index (χ4v) is 1.20. The maximum Gasteiger partial charge on any atom is 0.316 e. The van der Waals surface area contributed by atoms with Crippen molar-refractivity contribution in [2.45, 2.75) is 5.16 Å². The lowest BCUT2D eigenvalue weighted by Gasteiger charge is -1.98. The molecule has 1 aromatic rings. The summed E-state index contributed by atoms with van der Waals surface area (Å²) in [6, 6.07) is 0. The first kappa shape index (κ1) is 9.79. The van der Waals surface area contributed by atoms with Crippen molar-refractivity contribution in [1.82, 2.24) is 9.97 Å². The first-order valence-electron chi connectivity index (χ1n) is 3.49. The van der Waals surface area contributed by atoms with Crippen LogP contribution in [0.15, 0.2) is 17.6 Å². The lowest BCUT2D eigenvalue weighted by Crippen LogP contribution is -2.03. The summed E-state index contributed by atoms with van der Waals surface area (Å²) in [4.78, 5) is 18.5. The highest BCUT2D eigenvalue weighted by Gasteiger charge is 2.03. The minimum Gasteiger partial charge on any atom is -0.468 e. The van der Waals surface area contributed by atoms with E-state index in [4.69, 9.17) is 5.73 Å². The van der Waals surface area contributed by atoms with Gasteiger partial charge in [0.1, 0.15) is 0 Å². The van der Waals surface area contributed by atoms with E-state index >= 15 is 0 Å². The molecule has 0 atom stereocenters. The molecule has 70 valence electrons. The smallest absolute Gasteiger partial charge is 0.316 e. The van der Waals surface area contributed by atoms with Crippen LogP contribution in [0.4, 0.5) is 5.69 Å². The monoisotopic (exact) mass is 199 g/mol. The number of esters is 1. The lowest BCUT2D eigenvalue weighted by atomic mass is 10.6. The van der Waals surface area contributed by atoms with E-state index in [1.807, 2.05) is 0 Å². The van der Waals surface area contributed by atoms with Crippen molar-refractivity contribution in [3.05, 3.63) is 12.4 Å². The van der Waals surface area contributed by atoms with Crippen LogP contribution >= 0.6 is 11.8 Å². The summed E-state index contributed by atoms with van der Waals surface area (Å²) in [5.74, 6) is -0.0918. The Morgan fingerprint density at radius 2 is 2.23 bits per heavy atom. The van der Waals surface area contributed by atoms with Crippen molar-refractivity contribution in [3.8, 4) is 0 Å². The quantitative estimate of drug-likeness (QED) is 0.429. The van der Waals surface area contributed by atoms with Gasteiger partial charge in [-0.1, -0.05) is 11.8 Å². The first-order chi connectivity index (χ1) is 6.22. The Morgan fingerprint density at radius 3 is 2.77 bits per heavy atom. The summed E-state index contributed by atoms with van der Waals surface area (Å²) in [6.07, 6.45) is 2.99. The molecule has 0 radical (unpaired) electrons. The number of carbonyl (C=O) groups excluding carboxylic acids is 1. The van der Waals surface area contributed by atoms with Crippen molar-refractivity contribution >= 4 is 23.4 Å². The number of anilines is 1. The summed E-state index contributed by atoms with van der Waals surface area (Å²) < 4.78 is 4.46. The summed E-state index contributed by atoms with van der Waals surface area (Å²) >= 11 is 1.21. The van der Waals surface area contributed by atoms with Gasteiger partial charge in [0.25, 0.3) is 0 Å². The van der Waals surface area contributed by atoms with Crippen LogP contribution in [-0.2, 0) is 9.53 Å². The third-order valence-electron chi connectivity index (χ3n) is 1.19. The van der Waals surface area contributed by atoms with E-state index < -0.39 is 0 Å². The molecule has 6 heteroatoms. The molecule has 1 rings (SSSR count). The molecule has 0 aliphatic rings. The summed E-state index contributed by atoms with van der Waals surface area (Å²) in [5.41, 5.74) is 5.89. The highest BCUT2D eigenvalue weighted by atomic mass is 32.2. The van der Waals surface area contributed by atoms with Crippen molar-refractivity contribution in [3.63, 3.8) is 0 Å². The summed E-state index contributed by atoms with van der Waals surface area (Å²) in [5, 5.41) is 0.514. The van der Waals surface area contributed by atoms with E-state index in [1.165, 1.54) is 31.3 Å². The molecule has 0 saturated carbocycles. The van der Waals surface area contributed by atoms with Gasteiger partial charge in [0.15, 0.2) is 5.16 Å². The number of ether oxygens (including phenoxy) is 1. The van der Waals surface area contributed by atoms with E-state index in [2.05, 4.69) is 14.7 Å². The van der Waals surface area contributed by atoms with E-state index in [9.17, 15) is 4.79 Å². The van der Waals surface area contributed by atoms with Crippen LogP contribution in [0.25, 0.3) is 0 Å². The maximum absolute atomic E-state index is 10.7. The number of thioether (sulfide) groups is 1. The second-order valence-electron chi connectivity index (χ2n) is 2.16. The largest absolute Gasteiger partial charge is 0.468 e. The fraction of sp³-hybridized carbons (Fsp3) is 0.286. The van der Waals surface area contributed by atoms with E-state index in [0.717, 1.165) is 0 Å². The molecule has 1 heterocycles. The Morgan fingerprint density at radius 1 is 1.62 bits per heavy atom. The van der Waals surface area contributed by atoms with Gasteiger partial charge < -0.3 is 10.5 Å². The van der Waals surface area contributed by atoms with Gasteiger partial charge in [0, 0.05) is 0 Å². The summed E-state index contributed by atoms with van der Waals surface area (Å²) in [7, 11) is 1.34. The molecule has 0 aliphatic heterocycles. The molecule has 0 bridgehead atoms. The van der Waals surface area contributed by atoms with Gasteiger partial charge in [0.2, 0.25) is 0 Å². The van der Waals surface area contributed by atoms with E-state index in [1.54, 1.807) is 0 Å². The standard InChI is InChI=1S/C7H9N3O2S/c1-12-6(11)4-13-7-9-2-5(8)3-10-7/h2-3H,4,8H2,1H3. The molecule has 0 saturated heterocycles. The van der Waals surface area contributed by atoms with Gasteiger partial charge in [0.05, 0.1) is 30.9 Å². The zero-order chi connectivity index (χ0) is 9.68. The normalized spacial score (nSPS) is 9.62. The minimum absolute atomic E-state index is 0.209. The SMILES string of the molecule is COC(=O)CSc1ncc(N)cn1. The molecule has 5 nitrogen and oxygen atoms in total. The van der Waals surface area contributed by atoms with Gasteiger partial charge >= 0.3 is 5.97 Å². The molecule has 0 amide bonds. The van der Waals surface area contributed by atoms with Crippen LogP contribution < -0.4 is 5.73 Å². The van der Waals surface area contributed by atoms with Crippen LogP contribution in [0.1, 0.15) is 0 Å².